The molecule has 0 amide bonds. The maximum Gasteiger partial charge on any atom is 0.0766 e. The van der Waals surface area contributed by atoms with Crippen LogP contribution >= 0.6 is 11.6 Å². The Morgan fingerprint density at radius 3 is 2.73 bits per heavy atom. The van der Waals surface area contributed by atoms with Crippen LogP contribution in [0.1, 0.15) is 5.69 Å². The zero-order chi connectivity index (χ0) is 10.8. The van der Waals surface area contributed by atoms with Crippen molar-refractivity contribution in [2.45, 2.75) is 6.54 Å². The van der Waals surface area contributed by atoms with Crippen LogP contribution in [-0.4, -0.2) is 9.78 Å². The van der Waals surface area contributed by atoms with Crippen molar-refractivity contribution in [3.05, 3.63) is 41.0 Å². The fraction of sp³-hybridized carbons (Fsp3) is 0.182. The predicted molar refractivity (Wildman–Crippen MR) is 61.5 cm³/mol. The van der Waals surface area contributed by atoms with Crippen LogP contribution in [0.3, 0.4) is 0 Å². The number of hydrogen-bond donors (Lipinski definition) is 1. The van der Waals surface area contributed by atoms with Gasteiger partial charge in [0.2, 0.25) is 0 Å². The van der Waals surface area contributed by atoms with Crippen LogP contribution < -0.4 is 5.73 Å². The highest BCUT2D eigenvalue weighted by molar-refractivity contribution is 6.33. The number of rotatable bonds is 2. The molecule has 0 bridgehead atoms. The van der Waals surface area contributed by atoms with Gasteiger partial charge in [0.15, 0.2) is 0 Å². The van der Waals surface area contributed by atoms with Crippen molar-refractivity contribution in [3.8, 4) is 11.3 Å². The molecule has 0 aliphatic rings. The molecule has 0 aliphatic carbocycles. The normalized spacial score (nSPS) is 10.6. The van der Waals surface area contributed by atoms with Gasteiger partial charge in [-0.3, -0.25) is 4.68 Å². The molecule has 2 rings (SSSR count). The molecule has 4 heteroatoms. The molecule has 0 radical (unpaired) electrons. The van der Waals surface area contributed by atoms with Crippen molar-refractivity contribution < 1.29 is 0 Å². The van der Waals surface area contributed by atoms with Crippen LogP contribution in [0.25, 0.3) is 11.3 Å². The summed E-state index contributed by atoms with van der Waals surface area (Å²) < 4.78 is 1.80. The van der Waals surface area contributed by atoms with E-state index in [4.69, 9.17) is 17.3 Å². The van der Waals surface area contributed by atoms with Crippen molar-refractivity contribution in [1.82, 2.24) is 9.78 Å². The molecule has 15 heavy (non-hydrogen) atoms. The van der Waals surface area contributed by atoms with Crippen molar-refractivity contribution in [2.75, 3.05) is 0 Å². The molecule has 1 aromatic heterocycles. The Morgan fingerprint density at radius 2 is 2.13 bits per heavy atom. The maximum absolute atomic E-state index is 6.11. The first kappa shape index (κ1) is 10.2. The van der Waals surface area contributed by atoms with Crippen molar-refractivity contribution in [1.29, 1.82) is 0 Å². The van der Waals surface area contributed by atoms with E-state index in [1.54, 1.807) is 4.68 Å². The molecule has 0 saturated carbocycles. The Hall–Kier alpha value is -1.32. The molecule has 2 N–H and O–H groups in total. The van der Waals surface area contributed by atoms with Gasteiger partial charge in [-0.25, -0.2) is 0 Å². The van der Waals surface area contributed by atoms with E-state index in [1.807, 2.05) is 37.4 Å². The molecule has 0 aliphatic heterocycles. The van der Waals surface area contributed by atoms with Gasteiger partial charge in [0.1, 0.15) is 0 Å². The van der Waals surface area contributed by atoms with Gasteiger partial charge in [-0.15, -0.1) is 0 Å². The van der Waals surface area contributed by atoms with E-state index < -0.39 is 0 Å². The summed E-state index contributed by atoms with van der Waals surface area (Å²) in [5.74, 6) is 0. The number of benzene rings is 1. The average molecular weight is 222 g/mol. The number of nitrogens with zero attached hydrogens (tertiary/aromatic N) is 2. The lowest BCUT2D eigenvalue weighted by Gasteiger charge is -2.03. The highest BCUT2D eigenvalue weighted by atomic mass is 35.5. The minimum atomic E-state index is 0.443. The Morgan fingerprint density at radius 1 is 1.40 bits per heavy atom. The molecule has 0 spiro atoms. The van der Waals surface area contributed by atoms with Gasteiger partial charge in [0.25, 0.3) is 0 Å². The fourth-order valence-corrected chi connectivity index (χ4v) is 1.78. The van der Waals surface area contributed by atoms with Crippen LogP contribution in [0.2, 0.25) is 5.02 Å². The second-order valence-corrected chi connectivity index (χ2v) is 3.74. The maximum atomic E-state index is 6.11. The molecule has 0 atom stereocenters. The Labute approximate surface area is 93.5 Å². The second kappa shape index (κ2) is 4.04. The largest absolute Gasteiger partial charge is 0.325 e. The summed E-state index contributed by atoms with van der Waals surface area (Å²) in [5, 5.41) is 5.01. The third-order valence-electron chi connectivity index (χ3n) is 2.29. The molecule has 0 fully saturated rings. The first-order chi connectivity index (χ1) is 7.22. The number of hydrogen-bond acceptors (Lipinski definition) is 2. The van der Waals surface area contributed by atoms with Crippen LogP contribution in [-0.2, 0) is 13.6 Å². The molecular formula is C11H12ClN3. The first-order valence-corrected chi connectivity index (χ1v) is 5.08. The van der Waals surface area contributed by atoms with Crippen molar-refractivity contribution in [2.24, 2.45) is 12.8 Å². The summed E-state index contributed by atoms with van der Waals surface area (Å²) in [6, 6.07) is 9.66. The van der Waals surface area contributed by atoms with E-state index >= 15 is 0 Å². The zero-order valence-corrected chi connectivity index (χ0v) is 9.20. The smallest absolute Gasteiger partial charge is 0.0766 e. The minimum absolute atomic E-state index is 0.443. The van der Waals surface area contributed by atoms with Gasteiger partial charge in [-0.2, -0.15) is 5.10 Å². The minimum Gasteiger partial charge on any atom is -0.325 e. The molecular weight excluding hydrogens is 210 g/mol. The van der Waals surface area contributed by atoms with Crippen molar-refractivity contribution in [3.63, 3.8) is 0 Å². The quantitative estimate of drug-likeness (QED) is 0.845. The van der Waals surface area contributed by atoms with Crippen LogP contribution in [0.4, 0.5) is 0 Å². The van der Waals surface area contributed by atoms with E-state index in [9.17, 15) is 0 Å². The Bertz CT molecular complexity index is 476. The van der Waals surface area contributed by atoms with E-state index in [0.29, 0.717) is 6.54 Å². The molecule has 1 aromatic carbocycles. The molecule has 3 nitrogen and oxygen atoms in total. The third-order valence-corrected chi connectivity index (χ3v) is 2.62. The zero-order valence-electron chi connectivity index (χ0n) is 8.44. The summed E-state index contributed by atoms with van der Waals surface area (Å²) >= 11 is 6.11. The molecule has 78 valence electrons. The predicted octanol–water partition coefficient (Wildman–Crippen LogP) is 2.20. The standard InChI is InChI=1S/C11H12ClN3/c1-15-11(6-8(7-13)14-15)9-4-2-3-5-10(9)12/h2-6H,7,13H2,1H3. The summed E-state index contributed by atoms with van der Waals surface area (Å²) in [6.07, 6.45) is 0. The van der Waals surface area contributed by atoms with Gasteiger partial charge >= 0.3 is 0 Å². The van der Waals surface area contributed by atoms with Crippen LogP contribution in [0.5, 0.6) is 0 Å². The van der Waals surface area contributed by atoms with E-state index in [1.165, 1.54) is 0 Å². The fourth-order valence-electron chi connectivity index (χ4n) is 1.55. The van der Waals surface area contributed by atoms with E-state index in [-0.39, 0.29) is 0 Å². The lowest BCUT2D eigenvalue weighted by atomic mass is 10.1. The lowest BCUT2D eigenvalue weighted by Crippen LogP contribution is -1.98. The summed E-state index contributed by atoms with van der Waals surface area (Å²) in [7, 11) is 1.89. The molecule has 0 saturated heterocycles. The van der Waals surface area contributed by atoms with Gasteiger partial charge < -0.3 is 5.73 Å². The number of aromatic nitrogens is 2. The van der Waals surface area contributed by atoms with Gasteiger partial charge in [-0.05, 0) is 12.1 Å². The SMILES string of the molecule is Cn1nc(CN)cc1-c1ccccc1Cl. The van der Waals surface area contributed by atoms with Crippen molar-refractivity contribution >= 4 is 11.6 Å². The first-order valence-electron chi connectivity index (χ1n) is 4.70. The topological polar surface area (TPSA) is 43.8 Å². The van der Waals surface area contributed by atoms with Gasteiger partial charge in [0.05, 0.1) is 11.4 Å². The third kappa shape index (κ3) is 1.89. The van der Waals surface area contributed by atoms with Crippen LogP contribution in [0, 0.1) is 0 Å². The Balaban J connectivity index is 2.54. The molecule has 2 aromatic rings. The Kier molecular flexibility index (Phi) is 2.75. The van der Waals surface area contributed by atoms with Gasteiger partial charge in [-0.1, -0.05) is 29.8 Å². The van der Waals surface area contributed by atoms with E-state index in [2.05, 4.69) is 5.10 Å². The monoisotopic (exact) mass is 221 g/mol. The highest BCUT2D eigenvalue weighted by Crippen LogP contribution is 2.27. The molecule has 1 heterocycles. The van der Waals surface area contributed by atoms with Gasteiger partial charge in [0, 0.05) is 24.2 Å². The number of nitrogens with two attached hydrogens (primary N) is 1. The molecule has 0 unspecified atom stereocenters. The average Bonchev–Trinajstić information content (AvgIpc) is 2.60. The van der Waals surface area contributed by atoms with E-state index in [0.717, 1.165) is 22.0 Å². The second-order valence-electron chi connectivity index (χ2n) is 3.33. The summed E-state index contributed by atoms with van der Waals surface area (Å²) in [6.45, 7) is 0.443. The lowest BCUT2D eigenvalue weighted by molar-refractivity contribution is 0.749. The summed E-state index contributed by atoms with van der Waals surface area (Å²) in [5.41, 5.74) is 8.37. The highest BCUT2D eigenvalue weighted by Gasteiger charge is 2.08. The summed E-state index contributed by atoms with van der Waals surface area (Å²) in [4.78, 5) is 0. The number of aryl methyl sites for hydroxylation is 1. The number of halogens is 1. The van der Waals surface area contributed by atoms with Crippen LogP contribution in [0.15, 0.2) is 30.3 Å².